The van der Waals surface area contributed by atoms with Crippen LogP contribution in [-0.2, 0) is 14.3 Å². The molecule has 3 aliphatic rings. The molecule has 1 amide bonds. The predicted molar refractivity (Wildman–Crippen MR) is 121 cm³/mol. The predicted octanol–water partition coefficient (Wildman–Crippen LogP) is 4.32. The molecular formula is C22H26N2O3S2. The summed E-state index contributed by atoms with van der Waals surface area (Å²) < 4.78 is 5.44. The molecule has 2 unspecified atom stereocenters. The molecule has 1 saturated carbocycles. The van der Waals surface area contributed by atoms with Gasteiger partial charge in [-0.15, -0.1) is 0 Å². The van der Waals surface area contributed by atoms with Gasteiger partial charge in [0.05, 0.1) is 17.9 Å². The van der Waals surface area contributed by atoms with Crippen molar-refractivity contribution in [1.29, 1.82) is 0 Å². The summed E-state index contributed by atoms with van der Waals surface area (Å²) in [6, 6.07) is 7.17. The fraction of sp³-hybridized carbons (Fsp3) is 0.500. The number of hydrogen-bond acceptors (Lipinski definition) is 6. The van der Waals surface area contributed by atoms with Crippen LogP contribution in [-0.4, -0.2) is 46.8 Å². The smallest absolute Gasteiger partial charge is 0.307 e. The minimum atomic E-state index is -0.309. The second kappa shape index (κ2) is 8.48. The molecule has 154 valence electrons. The number of thiocarbonyl (C=S) groups is 1. The molecule has 5 nitrogen and oxygen atoms in total. The van der Waals surface area contributed by atoms with E-state index >= 15 is 0 Å². The van der Waals surface area contributed by atoms with E-state index in [9.17, 15) is 9.59 Å². The van der Waals surface area contributed by atoms with Gasteiger partial charge in [-0.25, -0.2) is 0 Å². The van der Waals surface area contributed by atoms with Crippen molar-refractivity contribution in [2.75, 3.05) is 24.6 Å². The molecule has 0 N–H and O–H groups in total. The van der Waals surface area contributed by atoms with E-state index in [0.717, 1.165) is 12.1 Å². The molecule has 0 bridgehead atoms. The summed E-state index contributed by atoms with van der Waals surface area (Å²) in [6.45, 7) is 5.63. The molecule has 7 heteroatoms. The van der Waals surface area contributed by atoms with Crippen LogP contribution in [0.15, 0.2) is 23.1 Å². The number of carbonyl (C=O) groups excluding carboxylic acids is 2. The van der Waals surface area contributed by atoms with Crippen LogP contribution >= 0.6 is 24.0 Å². The Hall–Kier alpha value is -1.86. The number of hydrogen-bond donors (Lipinski definition) is 0. The number of anilines is 1. The van der Waals surface area contributed by atoms with E-state index in [1.807, 2.05) is 6.08 Å². The van der Waals surface area contributed by atoms with Crippen LogP contribution in [0.2, 0.25) is 0 Å². The van der Waals surface area contributed by atoms with Gasteiger partial charge >= 0.3 is 5.97 Å². The topological polar surface area (TPSA) is 49.9 Å². The lowest BCUT2D eigenvalue weighted by Gasteiger charge is -2.25. The second-order valence-electron chi connectivity index (χ2n) is 7.60. The van der Waals surface area contributed by atoms with E-state index in [1.54, 1.807) is 6.92 Å². The van der Waals surface area contributed by atoms with Crippen molar-refractivity contribution in [1.82, 2.24) is 4.90 Å². The van der Waals surface area contributed by atoms with Gasteiger partial charge in [-0.05, 0) is 56.0 Å². The summed E-state index contributed by atoms with van der Waals surface area (Å²) >= 11 is 6.67. The maximum absolute atomic E-state index is 12.8. The van der Waals surface area contributed by atoms with Crippen molar-refractivity contribution in [3.8, 4) is 0 Å². The summed E-state index contributed by atoms with van der Waals surface area (Å²) in [7, 11) is 0. The lowest BCUT2D eigenvalue weighted by molar-refractivity contribution is -0.143. The molecule has 1 aromatic rings. The first-order valence-electron chi connectivity index (χ1n) is 10.3. The summed E-state index contributed by atoms with van der Waals surface area (Å²) in [5.41, 5.74) is 3.81. The summed E-state index contributed by atoms with van der Waals surface area (Å²) in [5, 5.41) is 0. The third-order valence-corrected chi connectivity index (χ3v) is 7.37. The van der Waals surface area contributed by atoms with Gasteiger partial charge in [0.25, 0.3) is 5.91 Å². The Bertz CT molecular complexity index is 883. The molecule has 2 aliphatic heterocycles. The summed E-state index contributed by atoms with van der Waals surface area (Å²) in [4.78, 5) is 29.1. The number of esters is 1. The lowest BCUT2D eigenvalue weighted by Crippen LogP contribution is -2.30. The molecule has 1 aliphatic carbocycles. The Labute approximate surface area is 181 Å². The number of thioether (sulfide) groups is 1. The van der Waals surface area contributed by atoms with Gasteiger partial charge in [0, 0.05) is 30.7 Å². The Kier molecular flexibility index (Phi) is 5.97. The van der Waals surface area contributed by atoms with E-state index < -0.39 is 0 Å². The molecule has 2 heterocycles. The Balaban J connectivity index is 1.52. The number of ether oxygens (including phenoxy) is 1. The zero-order chi connectivity index (χ0) is 20.5. The normalized spacial score (nSPS) is 24.4. The van der Waals surface area contributed by atoms with E-state index in [-0.39, 0.29) is 24.8 Å². The third-order valence-electron chi connectivity index (χ3n) is 6.00. The third kappa shape index (κ3) is 3.82. The number of likely N-dealkylation sites (N-methyl/N-ethyl adjacent to an activating group) is 1. The number of nitrogens with zero attached hydrogens (tertiary/aromatic N) is 2. The van der Waals surface area contributed by atoms with Gasteiger partial charge in [-0.2, -0.15) is 0 Å². The van der Waals surface area contributed by atoms with Gasteiger partial charge in [0.2, 0.25) is 0 Å². The van der Waals surface area contributed by atoms with Crippen molar-refractivity contribution in [2.45, 2.75) is 51.5 Å². The highest BCUT2D eigenvalue weighted by Crippen LogP contribution is 2.49. The van der Waals surface area contributed by atoms with Crippen molar-refractivity contribution < 1.29 is 14.3 Å². The van der Waals surface area contributed by atoms with Crippen molar-refractivity contribution in [3.05, 3.63) is 34.2 Å². The fourth-order valence-corrected chi connectivity index (χ4v) is 6.07. The van der Waals surface area contributed by atoms with E-state index in [1.165, 1.54) is 47.2 Å². The zero-order valence-corrected chi connectivity index (χ0v) is 18.5. The highest BCUT2D eigenvalue weighted by molar-refractivity contribution is 8.26. The molecule has 1 saturated heterocycles. The number of fused-ring (bicyclic) bond motifs is 3. The minimum Gasteiger partial charge on any atom is -0.466 e. The summed E-state index contributed by atoms with van der Waals surface area (Å²) in [5.74, 6) is 0.173. The fourth-order valence-electron chi connectivity index (χ4n) is 4.76. The first-order valence-corrected chi connectivity index (χ1v) is 11.6. The molecule has 1 aromatic carbocycles. The minimum absolute atomic E-state index is 0.126. The Morgan fingerprint density at radius 3 is 2.93 bits per heavy atom. The van der Waals surface area contributed by atoms with Crippen LogP contribution in [0.1, 0.15) is 56.6 Å². The Morgan fingerprint density at radius 1 is 1.34 bits per heavy atom. The van der Waals surface area contributed by atoms with Gasteiger partial charge in [0.1, 0.15) is 4.32 Å². The monoisotopic (exact) mass is 430 g/mol. The van der Waals surface area contributed by atoms with Crippen molar-refractivity contribution in [3.63, 3.8) is 0 Å². The molecule has 4 rings (SSSR count). The lowest BCUT2D eigenvalue weighted by atomic mass is 9.96. The van der Waals surface area contributed by atoms with Crippen molar-refractivity contribution in [2.24, 2.45) is 0 Å². The van der Waals surface area contributed by atoms with Gasteiger partial charge in [0.15, 0.2) is 0 Å². The van der Waals surface area contributed by atoms with E-state index in [0.29, 0.717) is 27.8 Å². The van der Waals surface area contributed by atoms with Crippen molar-refractivity contribution >= 4 is 51.9 Å². The maximum atomic E-state index is 12.8. The van der Waals surface area contributed by atoms with Crippen LogP contribution in [0, 0.1) is 0 Å². The number of carbonyl (C=O) groups is 2. The molecule has 0 spiro atoms. The first kappa shape index (κ1) is 20.4. The van der Waals surface area contributed by atoms with Crippen LogP contribution < -0.4 is 4.90 Å². The van der Waals surface area contributed by atoms with E-state index in [2.05, 4.69) is 30.0 Å². The molecule has 0 radical (unpaired) electrons. The molecular weight excluding hydrogens is 404 g/mol. The molecule has 2 fully saturated rings. The van der Waals surface area contributed by atoms with Crippen LogP contribution in [0.3, 0.4) is 0 Å². The molecule has 29 heavy (non-hydrogen) atoms. The zero-order valence-electron chi connectivity index (χ0n) is 16.8. The number of benzene rings is 1. The highest BCUT2D eigenvalue weighted by Gasteiger charge is 2.40. The van der Waals surface area contributed by atoms with Crippen LogP contribution in [0.4, 0.5) is 5.69 Å². The largest absolute Gasteiger partial charge is 0.466 e. The van der Waals surface area contributed by atoms with Gasteiger partial charge < -0.3 is 9.64 Å². The average Bonchev–Trinajstić information content (AvgIpc) is 3.35. The summed E-state index contributed by atoms with van der Waals surface area (Å²) in [6.07, 6.45) is 5.88. The number of rotatable bonds is 6. The number of amides is 1. The second-order valence-corrected chi connectivity index (χ2v) is 9.27. The van der Waals surface area contributed by atoms with Gasteiger partial charge in [-0.3, -0.25) is 14.5 Å². The Morgan fingerprint density at radius 2 is 2.17 bits per heavy atom. The SMILES string of the molecule is CCOC(=O)CCN1C(=O)/C(=C\c2ccc3c(c2)C2CCCC2N3CC)SC1=S. The maximum Gasteiger partial charge on any atom is 0.307 e. The molecule has 0 aromatic heterocycles. The quantitative estimate of drug-likeness (QED) is 0.381. The van der Waals surface area contributed by atoms with Crippen LogP contribution in [0.25, 0.3) is 6.08 Å². The standard InChI is InChI=1S/C22H26N2O3S2/c1-3-23-17-7-5-6-15(17)16-12-14(8-9-18(16)23)13-19-21(26)24(22(28)29-19)11-10-20(25)27-4-2/h8-9,12-13,15,17H,3-7,10-11H2,1-2H3/b19-13+. The average molecular weight is 431 g/mol. The van der Waals surface area contributed by atoms with E-state index in [4.69, 9.17) is 17.0 Å². The van der Waals surface area contributed by atoms with Crippen LogP contribution in [0.5, 0.6) is 0 Å². The molecule has 2 atom stereocenters. The first-order chi connectivity index (χ1) is 14.0. The highest BCUT2D eigenvalue weighted by atomic mass is 32.2. The van der Waals surface area contributed by atoms with Gasteiger partial charge in [-0.1, -0.05) is 36.5 Å².